The van der Waals surface area contributed by atoms with Gasteiger partial charge in [0, 0.05) is 25.5 Å². The van der Waals surface area contributed by atoms with Crippen molar-refractivity contribution in [1.29, 1.82) is 0 Å². The van der Waals surface area contributed by atoms with Crippen molar-refractivity contribution in [3.63, 3.8) is 0 Å². The van der Waals surface area contributed by atoms with Gasteiger partial charge in [-0.05, 0) is 31.4 Å². The summed E-state index contributed by atoms with van der Waals surface area (Å²) in [4.78, 5) is 17.8. The SMILES string of the molecule is Cc1cncc(C(=O)N2CCCC(S(N)(=O)=O)C2)c1. The summed E-state index contributed by atoms with van der Waals surface area (Å²) >= 11 is 0. The predicted octanol–water partition coefficient (Wildman–Crippen LogP) is 0.283. The van der Waals surface area contributed by atoms with E-state index in [0.717, 1.165) is 5.56 Å². The fraction of sp³-hybridized carbons (Fsp3) is 0.500. The normalized spacial score (nSPS) is 20.3. The van der Waals surface area contributed by atoms with Crippen LogP contribution in [0.25, 0.3) is 0 Å². The van der Waals surface area contributed by atoms with Crippen molar-refractivity contribution in [2.24, 2.45) is 5.14 Å². The van der Waals surface area contributed by atoms with Crippen LogP contribution in [0.1, 0.15) is 28.8 Å². The maximum Gasteiger partial charge on any atom is 0.255 e. The lowest BCUT2D eigenvalue weighted by Gasteiger charge is -2.31. The maximum absolute atomic E-state index is 12.3. The van der Waals surface area contributed by atoms with E-state index in [0.29, 0.717) is 24.9 Å². The molecule has 1 amide bonds. The number of nitrogens with two attached hydrogens (primary N) is 1. The van der Waals surface area contributed by atoms with Gasteiger partial charge < -0.3 is 4.90 Å². The number of aromatic nitrogens is 1. The maximum atomic E-state index is 12.3. The Morgan fingerprint density at radius 2 is 2.21 bits per heavy atom. The summed E-state index contributed by atoms with van der Waals surface area (Å²) < 4.78 is 22.7. The molecule has 104 valence electrons. The first-order valence-corrected chi connectivity index (χ1v) is 7.71. The van der Waals surface area contributed by atoms with Gasteiger partial charge in [0.1, 0.15) is 0 Å². The summed E-state index contributed by atoms with van der Waals surface area (Å²) in [5.41, 5.74) is 1.38. The van der Waals surface area contributed by atoms with Gasteiger partial charge >= 0.3 is 0 Å². The smallest absolute Gasteiger partial charge is 0.255 e. The molecule has 1 unspecified atom stereocenters. The lowest BCUT2D eigenvalue weighted by Crippen LogP contribution is -2.47. The summed E-state index contributed by atoms with van der Waals surface area (Å²) in [5.74, 6) is -0.190. The summed E-state index contributed by atoms with van der Waals surface area (Å²) in [5, 5.41) is 4.49. The molecule has 0 aliphatic carbocycles. The van der Waals surface area contributed by atoms with Crippen LogP contribution in [0.15, 0.2) is 18.5 Å². The minimum Gasteiger partial charge on any atom is -0.337 e. The largest absolute Gasteiger partial charge is 0.337 e. The first-order chi connectivity index (χ1) is 8.88. The van der Waals surface area contributed by atoms with Gasteiger partial charge in [0.2, 0.25) is 10.0 Å². The van der Waals surface area contributed by atoms with E-state index in [1.165, 1.54) is 11.1 Å². The molecule has 2 rings (SSSR count). The average molecular weight is 283 g/mol. The van der Waals surface area contributed by atoms with E-state index in [9.17, 15) is 13.2 Å². The third-order valence-corrected chi connectivity index (χ3v) is 4.57. The molecule has 0 spiro atoms. The highest BCUT2D eigenvalue weighted by atomic mass is 32.2. The molecule has 0 bridgehead atoms. The Labute approximate surface area is 112 Å². The van der Waals surface area contributed by atoms with Crippen LogP contribution in [0, 0.1) is 6.92 Å². The zero-order valence-electron chi connectivity index (χ0n) is 10.7. The molecule has 1 aromatic rings. The second-order valence-electron chi connectivity index (χ2n) is 4.86. The average Bonchev–Trinajstić information content (AvgIpc) is 2.37. The van der Waals surface area contributed by atoms with E-state index in [2.05, 4.69) is 4.98 Å². The topological polar surface area (TPSA) is 93.4 Å². The van der Waals surface area contributed by atoms with E-state index >= 15 is 0 Å². The van der Waals surface area contributed by atoms with E-state index in [4.69, 9.17) is 5.14 Å². The molecule has 1 fully saturated rings. The van der Waals surface area contributed by atoms with Gasteiger partial charge in [-0.25, -0.2) is 13.6 Å². The fourth-order valence-corrected chi connectivity index (χ4v) is 3.13. The highest BCUT2D eigenvalue weighted by Crippen LogP contribution is 2.17. The van der Waals surface area contributed by atoms with E-state index in [1.54, 1.807) is 12.3 Å². The summed E-state index contributed by atoms with van der Waals surface area (Å²) in [6.07, 6.45) is 4.32. The van der Waals surface area contributed by atoms with Crippen molar-refractivity contribution in [1.82, 2.24) is 9.88 Å². The standard InChI is InChI=1S/C12H17N3O3S/c1-9-5-10(7-14-6-9)12(16)15-4-2-3-11(8-15)19(13,17)18/h5-7,11H,2-4,8H2,1H3,(H2,13,17,18). The highest BCUT2D eigenvalue weighted by Gasteiger charge is 2.30. The quantitative estimate of drug-likeness (QED) is 0.843. The van der Waals surface area contributed by atoms with Crippen molar-refractivity contribution in [2.75, 3.05) is 13.1 Å². The van der Waals surface area contributed by atoms with Gasteiger partial charge in [0.15, 0.2) is 0 Å². The Balaban J connectivity index is 2.16. The van der Waals surface area contributed by atoms with Gasteiger partial charge in [-0.2, -0.15) is 0 Å². The Morgan fingerprint density at radius 3 is 2.84 bits per heavy atom. The third kappa shape index (κ3) is 3.30. The molecule has 0 radical (unpaired) electrons. The van der Waals surface area contributed by atoms with Crippen LogP contribution in [0.2, 0.25) is 0 Å². The minimum absolute atomic E-state index is 0.158. The monoisotopic (exact) mass is 283 g/mol. The molecular formula is C12H17N3O3S. The molecule has 0 saturated carbocycles. The second-order valence-corrected chi connectivity index (χ2v) is 6.70. The molecule has 1 saturated heterocycles. The summed E-state index contributed by atoms with van der Waals surface area (Å²) in [7, 11) is -3.59. The molecule has 1 aromatic heterocycles. The van der Waals surface area contributed by atoms with Crippen molar-refractivity contribution in [3.8, 4) is 0 Å². The number of hydrogen-bond donors (Lipinski definition) is 1. The molecule has 1 aliphatic heterocycles. The van der Waals surface area contributed by atoms with Crippen LogP contribution in [0.4, 0.5) is 0 Å². The van der Waals surface area contributed by atoms with E-state index in [1.807, 2.05) is 6.92 Å². The van der Waals surface area contributed by atoms with Crippen LogP contribution in [0.5, 0.6) is 0 Å². The number of sulfonamides is 1. The number of carbonyl (C=O) groups is 1. The molecule has 2 heterocycles. The number of piperidine rings is 1. The first-order valence-electron chi connectivity index (χ1n) is 6.10. The molecule has 2 N–H and O–H groups in total. The second kappa shape index (κ2) is 5.26. The van der Waals surface area contributed by atoms with Gasteiger partial charge in [0.25, 0.3) is 5.91 Å². The summed E-state index contributed by atoms with van der Waals surface area (Å²) in [6.45, 7) is 2.57. The predicted molar refractivity (Wildman–Crippen MR) is 71.0 cm³/mol. The number of nitrogens with zero attached hydrogens (tertiary/aromatic N) is 2. The molecular weight excluding hydrogens is 266 g/mol. The molecule has 1 atom stereocenters. The van der Waals surface area contributed by atoms with Crippen molar-refractivity contribution < 1.29 is 13.2 Å². The summed E-state index contributed by atoms with van der Waals surface area (Å²) in [6, 6.07) is 1.75. The Hall–Kier alpha value is -1.47. The lowest BCUT2D eigenvalue weighted by molar-refractivity contribution is 0.0726. The van der Waals surface area contributed by atoms with Crippen LogP contribution in [0.3, 0.4) is 0 Å². The van der Waals surface area contributed by atoms with E-state index in [-0.39, 0.29) is 12.5 Å². The van der Waals surface area contributed by atoms with Crippen LogP contribution in [-0.4, -0.2) is 42.5 Å². The zero-order chi connectivity index (χ0) is 14.0. The number of carbonyl (C=O) groups excluding carboxylic acids is 1. The lowest BCUT2D eigenvalue weighted by atomic mass is 10.1. The van der Waals surface area contributed by atoms with Gasteiger partial charge in [-0.1, -0.05) is 0 Å². The van der Waals surface area contributed by atoms with Crippen LogP contribution < -0.4 is 5.14 Å². The number of rotatable bonds is 2. The Morgan fingerprint density at radius 1 is 1.47 bits per heavy atom. The zero-order valence-corrected chi connectivity index (χ0v) is 11.6. The Bertz CT molecular complexity index is 586. The number of aryl methyl sites for hydroxylation is 1. The van der Waals surface area contributed by atoms with E-state index < -0.39 is 15.3 Å². The van der Waals surface area contributed by atoms with Gasteiger partial charge in [-0.15, -0.1) is 0 Å². The minimum atomic E-state index is -3.59. The number of hydrogen-bond acceptors (Lipinski definition) is 4. The molecule has 19 heavy (non-hydrogen) atoms. The van der Waals surface area contributed by atoms with Crippen LogP contribution in [-0.2, 0) is 10.0 Å². The van der Waals surface area contributed by atoms with Gasteiger partial charge in [0.05, 0.1) is 10.8 Å². The number of amides is 1. The van der Waals surface area contributed by atoms with Gasteiger partial charge in [-0.3, -0.25) is 9.78 Å². The number of pyridine rings is 1. The Kier molecular flexibility index (Phi) is 3.86. The first kappa shape index (κ1) is 14.0. The molecule has 0 aromatic carbocycles. The molecule has 6 nitrogen and oxygen atoms in total. The number of primary sulfonamides is 1. The van der Waals surface area contributed by atoms with Crippen LogP contribution >= 0.6 is 0 Å². The van der Waals surface area contributed by atoms with Crippen molar-refractivity contribution in [2.45, 2.75) is 25.0 Å². The van der Waals surface area contributed by atoms with Crippen molar-refractivity contribution in [3.05, 3.63) is 29.6 Å². The molecule has 1 aliphatic rings. The van der Waals surface area contributed by atoms with Crippen molar-refractivity contribution >= 4 is 15.9 Å². The number of likely N-dealkylation sites (tertiary alicyclic amines) is 1. The molecule has 7 heteroatoms. The fourth-order valence-electron chi connectivity index (χ4n) is 2.25. The third-order valence-electron chi connectivity index (χ3n) is 3.25. The highest BCUT2D eigenvalue weighted by molar-refractivity contribution is 7.89.